The van der Waals surface area contributed by atoms with E-state index in [1.54, 1.807) is 18.2 Å². The van der Waals surface area contributed by atoms with E-state index in [9.17, 15) is 14.4 Å². The van der Waals surface area contributed by atoms with Crippen molar-refractivity contribution in [2.24, 2.45) is 5.92 Å². The molecule has 1 saturated carbocycles. The molecule has 2 N–H and O–H groups in total. The number of amides is 3. The molecule has 3 amide bonds. The van der Waals surface area contributed by atoms with Crippen molar-refractivity contribution in [1.29, 1.82) is 0 Å². The Balaban J connectivity index is 1.25. The molecule has 12 heteroatoms. The van der Waals surface area contributed by atoms with Crippen molar-refractivity contribution in [2.75, 3.05) is 48.4 Å². The van der Waals surface area contributed by atoms with E-state index < -0.39 is 5.91 Å². The second kappa shape index (κ2) is 11.4. The lowest BCUT2D eigenvalue weighted by molar-refractivity contribution is -0.130. The first-order valence-electron chi connectivity index (χ1n) is 13.8. The molecule has 0 bridgehead atoms. The highest BCUT2D eigenvalue weighted by Gasteiger charge is 2.34. The molecule has 11 nitrogen and oxygen atoms in total. The Kier molecular flexibility index (Phi) is 7.57. The van der Waals surface area contributed by atoms with Crippen LogP contribution in [-0.4, -0.2) is 71.5 Å². The van der Waals surface area contributed by atoms with Crippen LogP contribution in [0, 0.1) is 5.92 Å². The molecule has 0 spiro atoms. The highest BCUT2D eigenvalue weighted by Crippen LogP contribution is 2.35. The highest BCUT2D eigenvalue weighted by atomic mass is 35.5. The molecule has 6 rings (SSSR count). The Hall–Kier alpha value is -3.70. The Labute approximate surface area is 236 Å². The number of morpholine rings is 1. The average Bonchev–Trinajstić information content (AvgIpc) is 3.58. The second-order valence-corrected chi connectivity index (χ2v) is 10.9. The fourth-order valence-corrected chi connectivity index (χ4v) is 5.88. The molecule has 2 aliphatic heterocycles. The molecule has 0 atom stereocenters. The normalized spacial score (nSPS) is 21.6. The van der Waals surface area contributed by atoms with Crippen LogP contribution in [0.2, 0.25) is 5.02 Å². The Bertz CT molecular complexity index is 1410. The van der Waals surface area contributed by atoms with Gasteiger partial charge in [0, 0.05) is 44.2 Å². The van der Waals surface area contributed by atoms with Crippen LogP contribution in [0.15, 0.2) is 34.9 Å². The SMILES string of the molecule is O=C(Nc1ccc(Cl)cn1)c1oc2ccc(N3CCOCC3)nc2c1NC(=O)[C@H]1CC[C@H](N2CCCC2=O)CC1. The summed E-state index contributed by atoms with van der Waals surface area (Å²) in [4.78, 5) is 52.0. The van der Waals surface area contributed by atoms with Crippen molar-refractivity contribution in [3.05, 3.63) is 41.2 Å². The lowest BCUT2D eigenvalue weighted by Crippen LogP contribution is -2.40. The van der Waals surface area contributed by atoms with Gasteiger partial charge in [0.2, 0.25) is 17.6 Å². The largest absolute Gasteiger partial charge is 0.447 e. The summed E-state index contributed by atoms with van der Waals surface area (Å²) in [5, 5.41) is 6.14. The molecular formula is C28H31ClN6O5. The van der Waals surface area contributed by atoms with Gasteiger partial charge in [-0.25, -0.2) is 9.97 Å². The van der Waals surface area contributed by atoms with E-state index in [0.717, 1.165) is 25.8 Å². The summed E-state index contributed by atoms with van der Waals surface area (Å²) in [6.07, 6.45) is 5.85. The standard InChI is InChI=1S/C28H31ClN6O5/c29-18-5-9-21(30-16-18)31-28(38)26-25(24-20(40-26)8-10-22(32-24)34-12-14-39-15-13-34)33-27(37)17-3-6-19(7-4-17)35-11-1-2-23(35)36/h5,8-10,16-17,19H,1-4,6-7,11-15H2,(H,33,37)(H,30,31,38)/t17-,19-. The number of fused-ring (bicyclic) bond motifs is 1. The number of halogens is 1. The minimum atomic E-state index is -0.563. The number of carbonyl (C=O) groups is 3. The number of anilines is 3. The maximum Gasteiger partial charge on any atom is 0.294 e. The summed E-state index contributed by atoms with van der Waals surface area (Å²) in [5.74, 6) is 0.181. The van der Waals surface area contributed by atoms with Crippen molar-refractivity contribution in [1.82, 2.24) is 14.9 Å². The topological polar surface area (TPSA) is 130 Å². The van der Waals surface area contributed by atoms with Crippen LogP contribution in [0.4, 0.5) is 17.3 Å². The molecule has 3 aliphatic rings. The van der Waals surface area contributed by atoms with Crippen molar-refractivity contribution in [3.8, 4) is 0 Å². The first-order valence-corrected chi connectivity index (χ1v) is 14.1. The minimum absolute atomic E-state index is 0.0527. The molecule has 3 fully saturated rings. The van der Waals surface area contributed by atoms with Crippen molar-refractivity contribution >= 4 is 57.7 Å². The van der Waals surface area contributed by atoms with Gasteiger partial charge in [-0.2, -0.15) is 0 Å². The molecule has 2 saturated heterocycles. The fourth-order valence-electron chi connectivity index (χ4n) is 5.76. The predicted molar refractivity (Wildman–Crippen MR) is 150 cm³/mol. The first-order chi connectivity index (χ1) is 19.5. The third-order valence-corrected chi connectivity index (χ3v) is 8.12. The molecule has 0 aromatic carbocycles. The van der Waals surface area contributed by atoms with Crippen molar-refractivity contribution in [3.63, 3.8) is 0 Å². The van der Waals surface area contributed by atoms with E-state index in [1.807, 2.05) is 11.0 Å². The van der Waals surface area contributed by atoms with Gasteiger partial charge < -0.3 is 29.6 Å². The van der Waals surface area contributed by atoms with Crippen LogP contribution in [-0.2, 0) is 14.3 Å². The summed E-state index contributed by atoms with van der Waals surface area (Å²) in [5.41, 5.74) is 1.03. The van der Waals surface area contributed by atoms with Crippen LogP contribution in [0.5, 0.6) is 0 Å². The lowest BCUT2D eigenvalue weighted by atomic mass is 9.84. The summed E-state index contributed by atoms with van der Waals surface area (Å²) in [7, 11) is 0. The number of hydrogen-bond acceptors (Lipinski definition) is 8. The number of nitrogens with one attached hydrogen (secondary N) is 2. The van der Waals surface area contributed by atoms with Gasteiger partial charge in [0.15, 0.2) is 5.58 Å². The monoisotopic (exact) mass is 566 g/mol. The molecule has 1 aliphatic carbocycles. The Morgan fingerprint density at radius 1 is 1.00 bits per heavy atom. The van der Waals surface area contributed by atoms with Crippen LogP contribution < -0.4 is 15.5 Å². The zero-order valence-electron chi connectivity index (χ0n) is 22.0. The van der Waals surface area contributed by atoms with Crippen LogP contribution in [0.25, 0.3) is 11.1 Å². The first kappa shape index (κ1) is 26.5. The third-order valence-electron chi connectivity index (χ3n) is 7.90. The van der Waals surface area contributed by atoms with Crippen molar-refractivity contribution < 1.29 is 23.5 Å². The number of nitrogens with zero attached hydrogens (tertiary/aromatic N) is 4. The van der Waals surface area contributed by atoms with E-state index in [-0.39, 0.29) is 35.2 Å². The van der Waals surface area contributed by atoms with Gasteiger partial charge in [-0.1, -0.05) is 11.6 Å². The number of ether oxygens (including phenoxy) is 1. The number of hydrogen-bond donors (Lipinski definition) is 2. The van der Waals surface area contributed by atoms with E-state index >= 15 is 0 Å². The zero-order chi connectivity index (χ0) is 27.6. The molecule has 210 valence electrons. The highest BCUT2D eigenvalue weighted by molar-refractivity contribution is 6.30. The number of furan rings is 1. The predicted octanol–water partition coefficient (Wildman–Crippen LogP) is 4.08. The quantitative estimate of drug-likeness (QED) is 0.456. The van der Waals surface area contributed by atoms with Gasteiger partial charge in [0.1, 0.15) is 22.8 Å². The Morgan fingerprint density at radius 2 is 1.80 bits per heavy atom. The third kappa shape index (κ3) is 5.48. The summed E-state index contributed by atoms with van der Waals surface area (Å²) in [6.45, 7) is 3.39. The fraction of sp³-hybridized carbons (Fsp3) is 0.464. The van der Waals surface area contributed by atoms with E-state index in [2.05, 4.69) is 20.5 Å². The van der Waals surface area contributed by atoms with Gasteiger partial charge in [0.25, 0.3) is 5.91 Å². The average molecular weight is 567 g/mol. The molecule has 3 aromatic heterocycles. The number of aromatic nitrogens is 2. The minimum Gasteiger partial charge on any atom is -0.447 e. The zero-order valence-corrected chi connectivity index (χ0v) is 22.8. The van der Waals surface area contributed by atoms with Crippen LogP contribution >= 0.6 is 11.6 Å². The second-order valence-electron chi connectivity index (χ2n) is 10.4. The summed E-state index contributed by atoms with van der Waals surface area (Å²) in [6, 6.07) is 7.00. The Morgan fingerprint density at radius 3 is 2.50 bits per heavy atom. The number of pyridine rings is 2. The molecule has 0 radical (unpaired) electrons. The molecule has 3 aromatic rings. The molecule has 5 heterocycles. The van der Waals surface area contributed by atoms with Gasteiger partial charge >= 0.3 is 0 Å². The summed E-state index contributed by atoms with van der Waals surface area (Å²) < 4.78 is 11.4. The number of likely N-dealkylation sites (tertiary alicyclic amines) is 1. The van der Waals surface area contributed by atoms with Gasteiger partial charge in [-0.15, -0.1) is 0 Å². The van der Waals surface area contributed by atoms with E-state index in [1.165, 1.54) is 6.20 Å². The van der Waals surface area contributed by atoms with Crippen LogP contribution in [0.3, 0.4) is 0 Å². The molecule has 0 unspecified atom stereocenters. The summed E-state index contributed by atoms with van der Waals surface area (Å²) >= 11 is 5.93. The number of rotatable bonds is 6. The molecular weight excluding hydrogens is 536 g/mol. The molecule has 40 heavy (non-hydrogen) atoms. The van der Waals surface area contributed by atoms with Crippen molar-refractivity contribution in [2.45, 2.75) is 44.6 Å². The maximum atomic E-state index is 13.5. The van der Waals surface area contributed by atoms with Gasteiger partial charge in [-0.3, -0.25) is 14.4 Å². The van der Waals surface area contributed by atoms with Gasteiger partial charge in [0.05, 0.1) is 18.2 Å². The lowest BCUT2D eigenvalue weighted by Gasteiger charge is -2.34. The smallest absolute Gasteiger partial charge is 0.294 e. The van der Waals surface area contributed by atoms with E-state index in [0.29, 0.717) is 73.3 Å². The maximum absolute atomic E-state index is 13.5. The van der Waals surface area contributed by atoms with E-state index in [4.69, 9.17) is 25.7 Å². The van der Waals surface area contributed by atoms with Gasteiger partial charge in [-0.05, 0) is 56.4 Å². The van der Waals surface area contributed by atoms with Crippen LogP contribution in [0.1, 0.15) is 49.1 Å². The number of carbonyl (C=O) groups excluding carboxylic acids is 3.